The summed E-state index contributed by atoms with van der Waals surface area (Å²) in [5.74, 6) is -4.90. The number of nitrogens with one attached hydrogen (secondary N) is 1. The van der Waals surface area contributed by atoms with E-state index in [9.17, 15) is 24.3 Å². The van der Waals surface area contributed by atoms with Crippen molar-refractivity contribution in [2.75, 3.05) is 11.9 Å². The molecule has 0 aromatic heterocycles. The van der Waals surface area contributed by atoms with Crippen LogP contribution in [0.25, 0.3) is 0 Å². The molecule has 0 spiro atoms. The van der Waals surface area contributed by atoms with Crippen molar-refractivity contribution in [2.24, 2.45) is 11.8 Å². The van der Waals surface area contributed by atoms with E-state index in [0.29, 0.717) is 22.3 Å². The van der Waals surface area contributed by atoms with Crippen molar-refractivity contribution < 1.29 is 24.3 Å². The molecule has 1 fully saturated rings. The molecule has 3 aromatic carbocycles. The van der Waals surface area contributed by atoms with Crippen LogP contribution < -0.4 is 5.32 Å². The summed E-state index contributed by atoms with van der Waals surface area (Å²) in [5.41, 5.74) is 2.95. The van der Waals surface area contributed by atoms with E-state index in [4.69, 9.17) is 23.2 Å². The maximum absolute atomic E-state index is 13.7. The zero-order chi connectivity index (χ0) is 25.4. The number of nitrogens with zero attached hydrogens (tertiary/aromatic N) is 1. The first-order chi connectivity index (χ1) is 17.2. The molecule has 2 atom stereocenters. The summed E-state index contributed by atoms with van der Waals surface area (Å²) in [7, 11) is 0. The van der Waals surface area contributed by atoms with Crippen molar-refractivity contribution in [3.63, 3.8) is 0 Å². The Morgan fingerprint density at radius 2 is 1.28 bits per heavy atom. The summed E-state index contributed by atoms with van der Waals surface area (Å²) in [6.07, 6.45) is 0. The average Bonchev–Trinajstić information content (AvgIpc) is 3.13. The van der Waals surface area contributed by atoms with Gasteiger partial charge in [0.1, 0.15) is 16.3 Å². The second-order valence-corrected chi connectivity index (χ2v) is 10.4. The van der Waals surface area contributed by atoms with Gasteiger partial charge in [-0.3, -0.25) is 19.3 Å². The number of alkyl halides is 2. The van der Waals surface area contributed by atoms with Gasteiger partial charge in [0.25, 0.3) is 0 Å². The van der Waals surface area contributed by atoms with E-state index in [0.717, 1.165) is 4.90 Å². The fraction of sp³-hybridized carbons (Fsp3) is 0.185. The number of hydrogen-bond donors (Lipinski definition) is 2. The van der Waals surface area contributed by atoms with Crippen LogP contribution in [0, 0.1) is 11.8 Å². The molecule has 3 amide bonds. The normalized spacial score (nSPS) is 27.3. The van der Waals surface area contributed by atoms with Crippen molar-refractivity contribution in [1.29, 1.82) is 0 Å². The monoisotopic (exact) mass is 520 g/mol. The third kappa shape index (κ3) is 2.81. The molecule has 0 radical (unpaired) electrons. The summed E-state index contributed by atoms with van der Waals surface area (Å²) in [4.78, 5) is 49.8. The Balaban J connectivity index is 1.38. The molecule has 180 valence electrons. The Hall–Kier alpha value is -3.68. The zero-order valence-corrected chi connectivity index (χ0v) is 20.1. The molecule has 3 aliphatic carbocycles. The van der Waals surface area contributed by atoms with Crippen molar-refractivity contribution in [3.05, 3.63) is 101 Å². The molecule has 1 heterocycles. The smallest absolute Gasteiger partial charge is 0.335 e. The van der Waals surface area contributed by atoms with Crippen LogP contribution in [0.3, 0.4) is 0 Å². The lowest BCUT2D eigenvalue weighted by Gasteiger charge is -2.54. The molecule has 2 bridgehead atoms. The lowest BCUT2D eigenvalue weighted by atomic mass is 9.54. The Morgan fingerprint density at radius 3 is 1.72 bits per heavy atom. The third-order valence-corrected chi connectivity index (χ3v) is 8.66. The summed E-state index contributed by atoms with van der Waals surface area (Å²) in [6, 6.07) is 20.3. The van der Waals surface area contributed by atoms with Gasteiger partial charge in [0.15, 0.2) is 0 Å². The summed E-state index contributed by atoms with van der Waals surface area (Å²) < 4.78 is 0. The van der Waals surface area contributed by atoms with Gasteiger partial charge < -0.3 is 10.4 Å². The van der Waals surface area contributed by atoms with Gasteiger partial charge in [-0.25, -0.2) is 4.79 Å². The van der Waals surface area contributed by atoms with Gasteiger partial charge in [0.05, 0.1) is 17.4 Å². The number of anilines is 1. The van der Waals surface area contributed by atoms with E-state index in [1.54, 1.807) is 0 Å². The molecule has 3 aromatic rings. The van der Waals surface area contributed by atoms with Crippen LogP contribution in [0.1, 0.15) is 32.6 Å². The minimum Gasteiger partial charge on any atom is -0.478 e. The number of aromatic carboxylic acids is 1. The number of imide groups is 1. The predicted molar refractivity (Wildman–Crippen MR) is 132 cm³/mol. The number of carbonyl (C=O) groups excluding carboxylic acids is 3. The first-order valence-corrected chi connectivity index (χ1v) is 12.0. The molecule has 4 aliphatic rings. The molecule has 0 saturated carbocycles. The molecule has 9 heteroatoms. The molecular formula is C27H18Cl2N2O5. The van der Waals surface area contributed by atoms with Crippen LogP contribution in [-0.4, -0.2) is 40.2 Å². The fourth-order valence-corrected chi connectivity index (χ4v) is 7.05. The van der Waals surface area contributed by atoms with E-state index in [-0.39, 0.29) is 11.3 Å². The average molecular weight is 521 g/mol. The topological polar surface area (TPSA) is 104 Å². The van der Waals surface area contributed by atoms with Gasteiger partial charge >= 0.3 is 5.97 Å². The van der Waals surface area contributed by atoms with E-state index < -0.39 is 51.8 Å². The van der Waals surface area contributed by atoms with Gasteiger partial charge in [0, 0.05) is 5.69 Å². The highest BCUT2D eigenvalue weighted by atomic mass is 35.5. The van der Waals surface area contributed by atoms with Crippen LogP contribution in [0.2, 0.25) is 0 Å². The van der Waals surface area contributed by atoms with Gasteiger partial charge in [-0.2, -0.15) is 0 Å². The Morgan fingerprint density at radius 1 is 0.806 bits per heavy atom. The number of hydrogen-bond acceptors (Lipinski definition) is 4. The predicted octanol–water partition coefficient (Wildman–Crippen LogP) is 3.92. The number of carbonyl (C=O) groups is 4. The molecule has 2 N–H and O–H groups in total. The summed E-state index contributed by atoms with van der Waals surface area (Å²) in [5, 5.41) is 11.7. The number of carboxylic acids is 1. The molecule has 7 nitrogen and oxygen atoms in total. The number of carboxylic acid groups (broad SMARTS) is 1. The van der Waals surface area contributed by atoms with Gasteiger partial charge in [-0.15, -0.1) is 23.2 Å². The molecule has 1 saturated heterocycles. The van der Waals surface area contributed by atoms with Crippen molar-refractivity contribution in [1.82, 2.24) is 4.90 Å². The van der Waals surface area contributed by atoms with E-state index in [1.807, 2.05) is 48.5 Å². The van der Waals surface area contributed by atoms with Crippen LogP contribution >= 0.6 is 23.2 Å². The first-order valence-electron chi connectivity index (χ1n) is 11.2. The quantitative estimate of drug-likeness (QED) is 0.400. The minimum absolute atomic E-state index is 0.00703. The van der Waals surface area contributed by atoms with E-state index in [2.05, 4.69) is 5.32 Å². The molecular weight excluding hydrogens is 503 g/mol. The highest BCUT2D eigenvalue weighted by Crippen LogP contribution is 2.69. The van der Waals surface area contributed by atoms with Crippen molar-refractivity contribution in [3.8, 4) is 0 Å². The zero-order valence-electron chi connectivity index (χ0n) is 18.6. The Kier molecular flexibility index (Phi) is 4.84. The number of benzene rings is 3. The second kappa shape index (κ2) is 7.66. The highest BCUT2D eigenvalue weighted by Gasteiger charge is 2.73. The van der Waals surface area contributed by atoms with Crippen molar-refractivity contribution in [2.45, 2.75) is 9.75 Å². The van der Waals surface area contributed by atoms with Gasteiger partial charge in [0.2, 0.25) is 17.7 Å². The van der Waals surface area contributed by atoms with Crippen LogP contribution in [-0.2, 0) is 24.1 Å². The Bertz CT molecular complexity index is 1380. The fourth-order valence-electron chi connectivity index (χ4n) is 5.95. The van der Waals surface area contributed by atoms with Crippen LogP contribution in [0.5, 0.6) is 0 Å². The molecule has 7 rings (SSSR count). The van der Waals surface area contributed by atoms with Crippen molar-refractivity contribution >= 4 is 52.6 Å². The van der Waals surface area contributed by atoms with Crippen LogP contribution in [0.15, 0.2) is 72.8 Å². The number of amides is 3. The third-order valence-electron chi connectivity index (χ3n) is 7.37. The number of rotatable bonds is 4. The van der Waals surface area contributed by atoms with Crippen LogP contribution in [0.4, 0.5) is 5.69 Å². The minimum atomic E-state index is -1.32. The standard InChI is InChI=1S/C27H18Cl2N2O5/c28-26-16-8-1-2-9-17(16)27(29,19-11-4-3-10-18(19)26)22-21(26)23(33)31(24(22)34)13-20(32)30-15-7-5-6-14(12-15)25(35)36/h1-12,21-22H,13H2,(H,30,32)(H,35,36)/t21-,22+,26?,27?. The summed E-state index contributed by atoms with van der Waals surface area (Å²) in [6.45, 7) is -0.547. The maximum Gasteiger partial charge on any atom is 0.335 e. The lowest BCUT2D eigenvalue weighted by molar-refractivity contribution is -0.142. The molecule has 36 heavy (non-hydrogen) atoms. The maximum atomic E-state index is 13.7. The number of likely N-dealkylation sites (tertiary alicyclic amines) is 1. The van der Waals surface area contributed by atoms with Gasteiger partial charge in [-0.1, -0.05) is 54.6 Å². The highest BCUT2D eigenvalue weighted by molar-refractivity contribution is 6.36. The second-order valence-electron chi connectivity index (χ2n) is 9.17. The molecule has 0 unspecified atom stereocenters. The lowest BCUT2D eigenvalue weighted by Crippen LogP contribution is -2.57. The SMILES string of the molecule is O=C(CN1C(=O)[C@@H]2[C@H](C1=O)C1(Cl)c3ccccc3C2(Cl)c2ccccc21)Nc1cccc(C(=O)O)c1. The van der Waals surface area contributed by atoms with Gasteiger partial charge in [-0.05, 0) is 40.5 Å². The van der Waals surface area contributed by atoms with E-state index in [1.165, 1.54) is 24.3 Å². The summed E-state index contributed by atoms with van der Waals surface area (Å²) >= 11 is 14.7. The number of halogens is 2. The Labute approximate surface area is 215 Å². The largest absolute Gasteiger partial charge is 0.478 e. The first kappa shape index (κ1) is 22.8. The molecule has 1 aliphatic heterocycles. The van der Waals surface area contributed by atoms with E-state index >= 15 is 0 Å².